The Morgan fingerprint density at radius 1 is 1.08 bits per heavy atom. The summed E-state index contributed by atoms with van der Waals surface area (Å²) in [4.78, 5) is 16.1. The molecule has 1 amide bonds. The van der Waals surface area contributed by atoms with Gasteiger partial charge in [-0.15, -0.1) is 0 Å². The number of hydrogen-bond donors (Lipinski definition) is 3. The third-order valence-corrected chi connectivity index (χ3v) is 6.65. The number of carbonyl (C=O) groups is 1. The molecule has 0 aliphatic heterocycles. The van der Waals surface area contributed by atoms with Crippen LogP contribution >= 0.6 is 0 Å². The first-order chi connectivity index (χ1) is 18.0. The Balaban J connectivity index is 1.76. The van der Waals surface area contributed by atoms with Crippen LogP contribution in [0.2, 0.25) is 0 Å². The number of halogens is 2. The maximum Gasteiger partial charge on any atom is 0.300 e. The van der Waals surface area contributed by atoms with Gasteiger partial charge in [0.2, 0.25) is 5.69 Å². The van der Waals surface area contributed by atoms with Gasteiger partial charge in [0.25, 0.3) is 17.7 Å². The van der Waals surface area contributed by atoms with Gasteiger partial charge in [-0.2, -0.15) is 0 Å². The molecule has 4 N–H and O–H groups in total. The van der Waals surface area contributed by atoms with Gasteiger partial charge in [0, 0.05) is 36.2 Å². The van der Waals surface area contributed by atoms with Crippen molar-refractivity contribution < 1.29 is 23.0 Å². The molecule has 0 radical (unpaired) electrons. The van der Waals surface area contributed by atoms with E-state index in [4.69, 9.17) is 10.5 Å². The highest BCUT2D eigenvalue weighted by Crippen LogP contribution is 2.40. The standard InChI is InChI=1S/C29H30F2N4O3/c1-6-29(30,31)19-11-8-12-20(13-19)34-28(36)26-18(4)33-27(35(26)37)21-14-22(24(38-5)15-23(21)32)25-16(2)9-7-10-17(25)3/h7-15,33H,6,32H2,1-5H3,(H,34,36). The first-order valence-electron chi connectivity index (χ1n) is 12.1. The number of hydrogen-bond acceptors (Lipinski definition) is 4. The molecular formula is C29H30F2N4O3. The minimum absolute atomic E-state index is 0.0755. The topological polar surface area (TPSA) is 107 Å². The average molecular weight is 521 g/mol. The largest absolute Gasteiger partial charge is 0.710 e. The number of benzene rings is 3. The molecule has 0 atom stereocenters. The Kier molecular flexibility index (Phi) is 7.13. The molecule has 9 heteroatoms. The summed E-state index contributed by atoms with van der Waals surface area (Å²) in [6.45, 7) is 6.93. The van der Waals surface area contributed by atoms with Crippen LogP contribution < -0.4 is 20.5 Å². The SMILES string of the molecule is CCC(F)(F)c1cccc(NC(=O)c2c(C)[nH]c(-c3cc(-c4c(C)cccc4C)c(OC)cc3N)[n+]2[O-])c1. The van der Waals surface area contributed by atoms with Crippen LogP contribution in [0, 0.1) is 26.0 Å². The van der Waals surface area contributed by atoms with E-state index in [1.54, 1.807) is 26.2 Å². The average Bonchev–Trinajstić information content (AvgIpc) is 3.17. The Hall–Kier alpha value is -4.40. The third kappa shape index (κ3) is 4.79. The predicted molar refractivity (Wildman–Crippen MR) is 144 cm³/mol. The molecule has 0 aliphatic carbocycles. The second-order valence-electron chi connectivity index (χ2n) is 9.24. The van der Waals surface area contributed by atoms with Gasteiger partial charge in [-0.3, -0.25) is 4.79 Å². The molecular weight excluding hydrogens is 490 g/mol. The van der Waals surface area contributed by atoms with Crippen molar-refractivity contribution in [1.82, 2.24) is 4.98 Å². The highest BCUT2D eigenvalue weighted by molar-refractivity contribution is 6.03. The highest BCUT2D eigenvalue weighted by Gasteiger charge is 2.30. The number of nitrogens with one attached hydrogen (secondary N) is 2. The number of rotatable bonds is 7. The number of aryl methyl sites for hydroxylation is 3. The van der Waals surface area contributed by atoms with E-state index < -0.39 is 11.8 Å². The summed E-state index contributed by atoms with van der Waals surface area (Å²) in [5.74, 6) is -3.15. The van der Waals surface area contributed by atoms with E-state index in [9.17, 15) is 18.8 Å². The van der Waals surface area contributed by atoms with Crippen LogP contribution in [0.1, 0.15) is 46.2 Å². The van der Waals surface area contributed by atoms with Crippen LogP contribution in [-0.2, 0) is 5.92 Å². The number of imidazole rings is 1. The fourth-order valence-corrected chi connectivity index (χ4v) is 4.61. The molecule has 0 bridgehead atoms. The lowest BCUT2D eigenvalue weighted by Gasteiger charge is -2.17. The van der Waals surface area contributed by atoms with Crippen LogP contribution in [-0.4, -0.2) is 18.0 Å². The minimum Gasteiger partial charge on any atom is -0.710 e. The van der Waals surface area contributed by atoms with E-state index >= 15 is 0 Å². The molecule has 4 aromatic rings. The number of carbonyl (C=O) groups excluding carboxylic acids is 1. The van der Waals surface area contributed by atoms with Crippen molar-refractivity contribution in [3.8, 4) is 28.3 Å². The van der Waals surface area contributed by atoms with E-state index in [2.05, 4.69) is 10.3 Å². The minimum atomic E-state index is -3.03. The van der Waals surface area contributed by atoms with Crippen LogP contribution in [0.25, 0.3) is 22.5 Å². The summed E-state index contributed by atoms with van der Waals surface area (Å²) in [7, 11) is 1.55. The van der Waals surface area contributed by atoms with E-state index in [0.717, 1.165) is 22.3 Å². The van der Waals surface area contributed by atoms with Gasteiger partial charge >= 0.3 is 0 Å². The van der Waals surface area contributed by atoms with E-state index in [1.165, 1.54) is 31.2 Å². The van der Waals surface area contributed by atoms with Crippen molar-refractivity contribution in [2.24, 2.45) is 0 Å². The quantitative estimate of drug-likeness (QED) is 0.152. The Morgan fingerprint density at radius 2 is 1.74 bits per heavy atom. The fourth-order valence-electron chi connectivity index (χ4n) is 4.61. The lowest BCUT2D eigenvalue weighted by molar-refractivity contribution is -0.594. The molecule has 198 valence electrons. The molecule has 0 unspecified atom stereocenters. The smallest absolute Gasteiger partial charge is 0.300 e. The number of aromatic amines is 1. The molecule has 4 rings (SSSR count). The van der Waals surface area contributed by atoms with Gasteiger partial charge in [0.05, 0.1) is 18.4 Å². The molecule has 38 heavy (non-hydrogen) atoms. The maximum atomic E-state index is 14.1. The zero-order chi connectivity index (χ0) is 27.8. The summed E-state index contributed by atoms with van der Waals surface area (Å²) in [5.41, 5.74) is 10.8. The molecule has 1 heterocycles. The zero-order valence-electron chi connectivity index (χ0n) is 21.9. The number of nitrogen functional groups attached to an aromatic ring is 1. The number of aromatic nitrogens is 2. The van der Waals surface area contributed by atoms with E-state index in [-0.39, 0.29) is 34.9 Å². The van der Waals surface area contributed by atoms with Crippen molar-refractivity contribution in [2.75, 3.05) is 18.2 Å². The number of alkyl halides is 2. The molecule has 0 saturated heterocycles. The first kappa shape index (κ1) is 26.7. The van der Waals surface area contributed by atoms with Crippen LogP contribution in [0.4, 0.5) is 20.2 Å². The zero-order valence-corrected chi connectivity index (χ0v) is 21.9. The van der Waals surface area contributed by atoms with Crippen molar-refractivity contribution in [1.29, 1.82) is 0 Å². The van der Waals surface area contributed by atoms with Gasteiger partial charge in [-0.25, -0.2) is 18.5 Å². The molecule has 7 nitrogen and oxygen atoms in total. The maximum absolute atomic E-state index is 14.1. The lowest BCUT2D eigenvalue weighted by Crippen LogP contribution is -2.36. The number of amides is 1. The molecule has 0 spiro atoms. The van der Waals surface area contributed by atoms with Crippen LogP contribution in [0.15, 0.2) is 54.6 Å². The third-order valence-electron chi connectivity index (χ3n) is 6.65. The van der Waals surface area contributed by atoms with E-state index in [1.807, 2.05) is 32.0 Å². The molecule has 0 fully saturated rings. The Bertz CT molecular complexity index is 1510. The van der Waals surface area contributed by atoms with Crippen LogP contribution in [0.3, 0.4) is 0 Å². The van der Waals surface area contributed by atoms with Gasteiger partial charge in [-0.1, -0.05) is 37.3 Å². The van der Waals surface area contributed by atoms with Crippen molar-refractivity contribution in [3.05, 3.63) is 87.9 Å². The fraction of sp³-hybridized carbons (Fsp3) is 0.241. The Morgan fingerprint density at radius 3 is 2.37 bits per heavy atom. The van der Waals surface area contributed by atoms with Gasteiger partial charge in [0.1, 0.15) is 5.75 Å². The van der Waals surface area contributed by atoms with Crippen LogP contribution in [0.5, 0.6) is 5.75 Å². The number of nitrogens with two attached hydrogens (primary N) is 1. The van der Waals surface area contributed by atoms with Gasteiger partial charge in [-0.05, 0) is 48.7 Å². The summed E-state index contributed by atoms with van der Waals surface area (Å²) >= 11 is 0. The van der Waals surface area contributed by atoms with Gasteiger partial charge < -0.3 is 21.0 Å². The second kappa shape index (κ2) is 10.2. The number of anilines is 2. The second-order valence-corrected chi connectivity index (χ2v) is 9.24. The predicted octanol–water partition coefficient (Wildman–Crippen LogP) is 6.25. The first-order valence-corrected chi connectivity index (χ1v) is 12.1. The normalized spacial score (nSPS) is 11.4. The molecule has 0 saturated carbocycles. The summed E-state index contributed by atoms with van der Waals surface area (Å²) < 4.78 is 34.4. The van der Waals surface area contributed by atoms with Crippen molar-refractivity contribution >= 4 is 17.3 Å². The van der Waals surface area contributed by atoms with Crippen molar-refractivity contribution in [3.63, 3.8) is 0 Å². The van der Waals surface area contributed by atoms with Gasteiger partial charge in [0.15, 0.2) is 5.69 Å². The molecule has 0 aliphatic rings. The Labute approximate surface area is 219 Å². The molecule has 3 aromatic carbocycles. The number of methoxy groups -OCH3 is 1. The number of ether oxygens (including phenoxy) is 1. The molecule has 1 aromatic heterocycles. The summed E-state index contributed by atoms with van der Waals surface area (Å²) in [5, 5.41) is 16.0. The number of nitrogens with zero attached hydrogens (tertiary/aromatic N) is 1. The number of H-pyrrole nitrogens is 1. The summed E-state index contributed by atoms with van der Waals surface area (Å²) in [6, 6.07) is 14.8. The summed E-state index contributed by atoms with van der Waals surface area (Å²) in [6.07, 6.45) is -0.376. The monoisotopic (exact) mass is 520 g/mol. The lowest BCUT2D eigenvalue weighted by atomic mass is 9.93. The highest BCUT2D eigenvalue weighted by atomic mass is 19.3. The van der Waals surface area contributed by atoms with E-state index in [0.29, 0.717) is 21.7 Å². The van der Waals surface area contributed by atoms with Crippen molar-refractivity contribution in [2.45, 2.75) is 40.0 Å².